The summed E-state index contributed by atoms with van der Waals surface area (Å²) in [4.78, 5) is 11.0. The van der Waals surface area contributed by atoms with E-state index in [2.05, 4.69) is 6.58 Å². The molecule has 0 aromatic heterocycles. The maximum atomic E-state index is 11.0. The minimum atomic E-state index is 0.289. The van der Waals surface area contributed by atoms with E-state index < -0.39 is 0 Å². The van der Waals surface area contributed by atoms with Crippen LogP contribution in [-0.2, 0) is 4.79 Å². The van der Waals surface area contributed by atoms with Gasteiger partial charge in [0, 0.05) is 5.92 Å². The average molecular weight is 138 g/mol. The van der Waals surface area contributed by atoms with Crippen molar-refractivity contribution in [2.75, 3.05) is 0 Å². The molecule has 0 radical (unpaired) electrons. The van der Waals surface area contributed by atoms with Crippen LogP contribution in [0.4, 0.5) is 0 Å². The summed E-state index contributed by atoms with van der Waals surface area (Å²) in [7, 11) is 0. The zero-order chi connectivity index (χ0) is 7.56. The first-order chi connectivity index (χ1) is 4.75. The molecular weight excluding hydrogens is 124 g/mol. The lowest BCUT2D eigenvalue weighted by molar-refractivity contribution is -0.121. The third-order valence-corrected chi connectivity index (χ3v) is 2.39. The molecule has 1 heteroatoms. The van der Waals surface area contributed by atoms with E-state index in [4.69, 9.17) is 0 Å². The zero-order valence-corrected chi connectivity index (χ0v) is 6.47. The second kappa shape index (κ2) is 3.00. The van der Waals surface area contributed by atoms with Crippen molar-refractivity contribution in [2.45, 2.75) is 26.2 Å². The topological polar surface area (TPSA) is 17.1 Å². The molecule has 0 saturated heterocycles. The average Bonchev–Trinajstić information content (AvgIpc) is 2.33. The highest BCUT2D eigenvalue weighted by Crippen LogP contribution is 2.32. The Bertz CT molecular complexity index is 149. The van der Waals surface area contributed by atoms with Gasteiger partial charge in [0.1, 0.15) is 5.78 Å². The largest absolute Gasteiger partial charge is 0.300 e. The fourth-order valence-electron chi connectivity index (χ4n) is 1.78. The monoisotopic (exact) mass is 138 g/mol. The van der Waals surface area contributed by atoms with Crippen molar-refractivity contribution in [1.29, 1.82) is 0 Å². The van der Waals surface area contributed by atoms with Gasteiger partial charge in [0.25, 0.3) is 0 Å². The Balaban J connectivity index is 2.58. The van der Waals surface area contributed by atoms with E-state index in [1.165, 1.54) is 6.42 Å². The Hall–Kier alpha value is -0.590. The summed E-state index contributed by atoms with van der Waals surface area (Å²) in [6.45, 7) is 5.41. The first kappa shape index (κ1) is 7.52. The minimum Gasteiger partial charge on any atom is -0.300 e. The van der Waals surface area contributed by atoms with Crippen LogP contribution >= 0.6 is 0 Å². The lowest BCUT2D eigenvalue weighted by Crippen LogP contribution is -2.13. The molecule has 2 atom stereocenters. The molecule has 2 unspecified atom stereocenters. The van der Waals surface area contributed by atoms with E-state index in [0.29, 0.717) is 11.7 Å². The molecule has 1 aliphatic carbocycles. The lowest BCUT2D eigenvalue weighted by Gasteiger charge is -2.10. The molecule has 10 heavy (non-hydrogen) atoms. The van der Waals surface area contributed by atoms with Gasteiger partial charge in [-0.05, 0) is 25.7 Å². The van der Waals surface area contributed by atoms with E-state index in [9.17, 15) is 4.79 Å². The van der Waals surface area contributed by atoms with Crippen molar-refractivity contribution in [3.8, 4) is 0 Å². The van der Waals surface area contributed by atoms with Crippen LogP contribution in [0.3, 0.4) is 0 Å². The smallest absolute Gasteiger partial charge is 0.133 e. The molecule has 0 amide bonds. The maximum absolute atomic E-state index is 11.0. The van der Waals surface area contributed by atoms with E-state index in [-0.39, 0.29) is 5.92 Å². The number of carbonyl (C=O) groups excluding carboxylic acids is 1. The third kappa shape index (κ3) is 1.28. The van der Waals surface area contributed by atoms with Gasteiger partial charge >= 0.3 is 0 Å². The van der Waals surface area contributed by atoms with Crippen LogP contribution in [0, 0.1) is 11.8 Å². The summed E-state index contributed by atoms with van der Waals surface area (Å²) in [5.74, 6) is 1.09. The highest BCUT2D eigenvalue weighted by Gasteiger charge is 2.27. The molecule has 56 valence electrons. The number of allylic oxidation sites excluding steroid dienone is 1. The van der Waals surface area contributed by atoms with E-state index in [0.717, 1.165) is 12.8 Å². The Morgan fingerprint density at radius 3 is 2.70 bits per heavy atom. The van der Waals surface area contributed by atoms with Gasteiger partial charge in [0.2, 0.25) is 0 Å². The second-order valence-electron chi connectivity index (χ2n) is 3.05. The fraction of sp³-hybridized carbons (Fsp3) is 0.667. The Labute approximate surface area is 62.1 Å². The highest BCUT2D eigenvalue weighted by molar-refractivity contribution is 5.79. The number of hydrogen-bond donors (Lipinski definition) is 0. The second-order valence-corrected chi connectivity index (χ2v) is 3.05. The summed E-state index contributed by atoms with van der Waals surface area (Å²) in [5.41, 5.74) is 0. The summed E-state index contributed by atoms with van der Waals surface area (Å²) in [5, 5.41) is 0. The molecule has 1 aliphatic rings. The quantitative estimate of drug-likeness (QED) is 0.534. The fourth-order valence-corrected chi connectivity index (χ4v) is 1.78. The van der Waals surface area contributed by atoms with Gasteiger partial charge in [-0.1, -0.05) is 12.5 Å². The van der Waals surface area contributed by atoms with Gasteiger partial charge in [0.15, 0.2) is 0 Å². The number of hydrogen-bond acceptors (Lipinski definition) is 1. The first-order valence-corrected chi connectivity index (χ1v) is 3.88. The van der Waals surface area contributed by atoms with Gasteiger partial charge < -0.3 is 0 Å². The highest BCUT2D eigenvalue weighted by atomic mass is 16.1. The van der Waals surface area contributed by atoms with Crippen molar-refractivity contribution < 1.29 is 4.79 Å². The van der Waals surface area contributed by atoms with Gasteiger partial charge in [-0.25, -0.2) is 0 Å². The predicted octanol–water partition coefficient (Wildman–Crippen LogP) is 2.18. The van der Waals surface area contributed by atoms with Gasteiger partial charge in [-0.3, -0.25) is 4.79 Å². The molecule has 0 aromatic carbocycles. The van der Waals surface area contributed by atoms with Gasteiger partial charge in [-0.2, -0.15) is 0 Å². The maximum Gasteiger partial charge on any atom is 0.133 e. The molecule has 1 nitrogen and oxygen atoms in total. The normalized spacial score (nSPS) is 32.1. The van der Waals surface area contributed by atoms with Crippen molar-refractivity contribution in [1.82, 2.24) is 0 Å². The number of Topliss-reactive ketones (excluding diaryl/α,β-unsaturated/α-hetero) is 1. The van der Waals surface area contributed by atoms with Crippen LogP contribution in [0.25, 0.3) is 0 Å². The van der Waals surface area contributed by atoms with E-state index in [1.807, 2.05) is 6.08 Å². The summed E-state index contributed by atoms with van der Waals surface area (Å²) >= 11 is 0. The van der Waals surface area contributed by atoms with Crippen molar-refractivity contribution >= 4 is 5.78 Å². The van der Waals surface area contributed by atoms with Crippen LogP contribution in [-0.4, -0.2) is 5.78 Å². The zero-order valence-electron chi connectivity index (χ0n) is 6.47. The molecule has 0 spiro atoms. The molecule has 0 aromatic rings. The van der Waals surface area contributed by atoms with Crippen LogP contribution in [0.15, 0.2) is 12.7 Å². The lowest BCUT2D eigenvalue weighted by atomic mass is 9.93. The number of rotatable bonds is 2. The Morgan fingerprint density at radius 2 is 2.30 bits per heavy atom. The molecule has 0 heterocycles. The molecule has 1 fully saturated rings. The predicted molar refractivity (Wildman–Crippen MR) is 41.7 cm³/mol. The van der Waals surface area contributed by atoms with E-state index in [1.54, 1.807) is 6.92 Å². The van der Waals surface area contributed by atoms with E-state index >= 15 is 0 Å². The third-order valence-electron chi connectivity index (χ3n) is 2.39. The Kier molecular flexibility index (Phi) is 2.25. The molecular formula is C9H14O. The van der Waals surface area contributed by atoms with Gasteiger partial charge in [-0.15, -0.1) is 6.58 Å². The number of carbonyl (C=O) groups is 1. The molecule has 1 saturated carbocycles. The van der Waals surface area contributed by atoms with Crippen molar-refractivity contribution in [2.24, 2.45) is 11.8 Å². The summed E-state index contributed by atoms with van der Waals surface area (Å²) in [6, 6.07) is 0. The van der Waals surface area contributed by atoms with Crippen molar-refractivity contribution in [3.63, 3.8) is 0 Å². The van der Waals surface area contributed by atoms with Crippen LogP contribution < -0.4 is 0 Å². The molecule has 0 N–H and O–H groups in total. The molecule has 1 rings (SSSR count). The van der Waals surface area contributed by atoms with Crippen LogP contribution in [0.1, 0.15) is 26.2 Å². The summed E-state index contributed by atoms with van der Waals surface area (Å²) < 4.78 is 0. The van der Waals surface area contributed by atoms with Crippen molar-refractivity contribution in [3.05, 3.63) is 12.7 Å². The SMILES string of the molecule is C=CC1CCCC1C(C)=O. The Morgan fingerprint density at radius 1 is 1.60 bits per heavy atom. The van der Waals surface area contributed by atoms with Crippen LogP contribution in [0.2, 0.25) is 0 Å². The minimum absolute atomic E-state index is 0.289. The van der Waals surface area contributed by atoms with Crippen LogP contribution in [0.5, 0.6) is 0 Å². The number of ketones is 1. The first-order valence-electron chi connectivity index (χ1n) is 3.88. The summed E-state index contributed by atoms with van der Waals surface area (Å²) in [6.07, 6.45) is 5.36. The molecule has 0 aliphatic heterocycles. The standard InChI is InChI=1S/C9H14O/c1-3-8-5-4-6-9(8)7(2)10/h3,8-9H,1,4-6H2,2H3. The van der Waals surface area contributed by atoms with Gasteiger partial charge in [0.05, 0.1) is 0 Å². The molecule has 0 bridgehead atoms.